The van der Waals surface area contributed by atoms with Crippen molar-refractivity contribution >= 4 is 16.8 Å². The van der Waals surface area contributed by atoms with Gasteiger partial charge in [-0.15, -0.1) is 0 Å². The Kier molecular flexibility index (Phi) is 7.18. The van der Waals surface area contributed by atoms with Gasteiger partial charge in [0.15, 0.2) is 0 Å². The van der Waals surface area contributed by atoms with E-state index in [0.717, 1.165) is 74.1 Å². The van der Waals surface area contributed by atoms with Crippen LogP contribution in [-0.2, 0) is 13.1 Å². The number of hydrogen-bond donors (Lipinski definition) is 1. The minimum Gasteiger partial charge on any atom is -0.355 e. The van der Waals surface area contributed by atoms with Crippen molar-refractivity contribution < 1.29 is 9.18 Å². The van der Waals surface area contributed by atoms with Gasteiger partial charge in [-0.3, -0.25) is 9.69 Å². The zero-order valence-corrected chi connectivity index (χ0v) is 22.1. The highest BCUT2D eigenvalue weighted by molar-refractivity contribution is 6.01. The molecule has 0 saturated heterocycles. The number of benzene rings is 2. The van der Waals surface area contributed by atoms with E-state index in [4.69, 9.17) is 0 Å². The van der Waals surface area contributed by atoms with E-state index in [9.17, 15) is 4.79 Å². The number of fused-ring (bicyclic) bond motifs is 5. The van der Waals surface area contributed by atoms with Crippen LogP contribution < -0.4 is 5.32 Å². The van der Waals surface area contributed by atoms with Crippen molar-refractivity contribution in [2.45, 2.75) is 57.8 Å². The molecule has 0 radical (unpaired) electrons. The van der Waals surface area contributed by atoms with E-state index >= 15 is 4.39 Å². The van der Waals surface area contributed by atoms with Gasteiger partial charge in [-0.25, -0.2) is 4.39 Å². The molecule has 36 heavy (non-hydrogen) atoms. The zero-order valence-electron chi connectivity index (χ0n) is 22.1. The summed E-state index contributed by atoms with van der Waals surface area (Å²) in [5, 5.41) is 3.86. The number of likely N-dealkylation sites (N-methyl/N-ethyl adjacent to an activating group) is 1. The Hall–Kier alpha value is -2.70. The lowest BCUT2D eigenvalue weighted by Gasteiger charge is -2.31. The van der Waals surface area contributed by atoms with Gasteiger partial charge >= 0.3 is 0 Å². The molecule has 0 bridgehead atoms. The first-order valence-corrected chi connectivity index (χ1v) is 13.4. The van der Waals surface area contributed by atoms with Crippen molar-refractivity contribution in [3.63, 3.8) is 0 Å². The van der Waals surface area contributed by atoms with Gasteiger partial charge in [-0.1, -0.05) is 42.7 Å². The molecule has 3 aromatic rings. The lowest BCUT2D eigenvalue weighted by molar-refractivity contribution is 0.0963. The lowest BCUT2D eigenvalue weighted by Crippen LogP contribution is -2.35. The Bertz CT molecular complexity index is 1260. The fourth-order valence-electron chi connectivity index (χ4n) is 6.15. The van der Waals surface area contributed by atoms with Crippen molar-refractivity contribution in [1.82, 2.24) is 19.7 Å². The molecular formula is C30H39FN4O. The second-order valence-corrected chi connectivity index (χ2v) is 10.9. The smallest absolute Gasteiger partial charge is 0.251 e. The van der Waals surface area contributed by atoms with E-state index in [1.165, 1.54) is 16.7 Å². The highest BCUT2D eigenvalue weighted by Gasteiger charge is 2.34. The maximum atomic E-state index is 15.5. The number of carbonyl (C=O) groups is 1. The van der Waals surface area contributed by atoms with Crippen molar-refractivity contribution in [3.8, 4) is 11.3 Å². The number of aromatic nitrogens is 1. The Morgan fingerprint density at radius 1 is 1.11 bits per heavy atom. The molecule has 2 aliphatic rings. The molecule has 0 spiro atoms. The summed E-state index contributed by atoms with van der Waals surface area (Å²) in [4.78, 5) is 17.3. The van der Waals surface area contributed by atoms with Gasteiger partial charge in [-0.2, -0.15) is 0 Å². The highest BCUT2D eigenvalue weighted by atomic mass is 19.1. The zero-order chi connectivity index (χ0) is 25.4. The fraction of sp³-hybridized carbons (Fsp3) is 0.500. The minimum absolute atomic E-state index is 0.0930. The maximum absolute atomic E-state index is 15.5. The normalized spacial score (nSPS) is 20.6. The minimum atomic E-state index is -0.830. The van der Waals surface area contributed by atoms with E-state index in [1.54, 1.807) is 7.05 Å². The highest BCUT2D eigenvalue weighted by Crippen LogP contribution is 2.46. The summed E-state index contributed by atoms with van der Waals surface area (Å²) in [7, 11) is 5.89. The number of nitrogens with zero attached hydrogens (tertiary/aromatic N) is 3. The van der Waals surface area contributed by atoms with Crippen LogP contribution in [0.4, 0.5) is 4.39 Å². The third-order valence-electron chi connectivity index (χ3n) is 8.06. The number of carbonyl (C=O) groups excluding carboxylic acids is 1. The topological polar surface area (TPSA) is 40.5 Å². The Morgan fingerprint density at radius 3 is 2.67 bits per heavy atom. The summed E-state index contributed by atoms with van der Waals surface area (Å²) in [5.74, 6) is -0.203. The second-order valence-electron chi connectivity index (χ2n) is 10.9. The predicted octanol–water partition coefficient (Wildman–Crippen LogP) is 5.35. The molecule has 5 nitrogen and oxygen atoms in total. The van der Waals surface area contributed by atoms with Crippen LogP contribution in [0.5, 0.6) is 0 Å². The van der Waals surface area contributed by atoms with Crippen LogP contribution in [0.1, 0.15) is 58.6 Å². The molecule has 1 aromatic heterocycles. The molecular weight excluding hydrogens is 451 g/mol. The van der Waals surface area contributed by atoms with Gasteiger partial charge < -0.3 is 14.8 Å². The number of rotatable bonds is 5. The van der Waals surface area contributed by atoms with Crippen molar-refractivity contribution in [3.05, 3.63) is 58.7 Å². The summed E-state index contributed by atoms with van der Waals surface area (Å²) in [6.45, 7) is 6.74. The average Bonchev–Trinajstić information content (AvgIpc) is 3.16. The van der Waals surface area contributed by atoms with Gasteiger partial charge in [0.05, 0.1) is 5.69 Å². The summed E-state index contributed by atoms with van der Waals surface area (Å²) in [6, 6.07) is 12.7. The van der Waals surface area contributed by atoms with E-state index in [2.05, 4.69) is 65.0 Å². The standard InChI is InChI=1S/C30H39FN4O/c1-20-9-11-23-22(17-20)19-34(14-13-33(3)4)15-16-35-27-18-21(30(36)32-2)10-12-25(27)28(29(23)35)24-7-5-6-8-26(24)31/h9-12,17-18,24,26H,5-8,13-16,19H2,1-4H3,(H,32,36)/t24-,26-/m0/s1. The van der Waals surface area contributed by atoms with Gasteiger partial charge in [-0.05, 0) is 57.1 Å². The SMILES string of the molecule is CNC(=O)c1ccc2c([C@H]3CCCC[C@@H]3F)c3n(c2c1)CCN(CCN(C)C)Cc1cc(C)ccc1-3. The Morgan fingerprint density at radius 2 is 1.92 bits per heavy atom. The van der Waals surface area contributed by atoms with Gasteiger partial charge in [0, 0.05) is 67.7 Å². The quantitative estimate of drug-likeness (QED) is 0.524. The molecule has 1 aliphatic heterocycles. The van der Waals surface area contributed by atoms with Gasteiger partial charge in [0.1, 0.15) is 6.17 Å². The van der Waals surface area contributed by atoms with E-state index in [0.29, 0.717) is 12.0 Å². The van der Waals surface area contributed by atoms with Gasteiger partial charge in [0.2, 0.25) is 0 Å². The molecule has 1 saturated carbocycles. The first kappa shape index (κ1) is 25.0. The van der Waals surface area contributed by atoms with E-state index in [-0.39, 0.29) is 11.8 Å². The number of halogens is 1. The second kappa shape index (κ2) is 10.3. The molecule has 1 amide bonds. The molecule has 1 N–H and O–H groups in total. The Labute approximate surface area is 214 Å². The predicted molar refractivity (Wildman–Crippen MR) is 145 cm³/mol. The Balaban J connectivity index is 1.75. The summed E-state index contributed by atoms with van der Waals surface area (Å²) in [6.07, 6.45) is 2.70. The first-order chi connectivity index (χ1) is 17.4. The monoisotopic (exact) mass is 490 g/mol. The third kappa shape index (κ3) is 4.69. The number of hydrogen-bond acceptors (Lipinski definition) is 3. The van der Waals surface area contributed by atoms with Crippen LogP contribution in [0.3, 0.4) is 0 Å². The molecule has 6 heteroatoms. The van der Waals surface area contributed by atoms with Crippen LogP contribution in [0.15, 0.2) is 36.4 Å². The molecule has 1 aliphatic carbocycles. The largest absolute Gasteiger partial charge is 0.355 e. The van der Waals surface area contributed by atoms with Crippen molar-refractivity contribution in [2.24, 2.45) is 0 Å². The van der Waals surface area contributed by atoms with Crippen molar-refractivity contribution in [2.75, 3.05) is 40.8 Å². The molecule has 1 fully saturated rings. The summed E-state index contributed by atoms with van der Waals surface area (Å²) in [5.41, 5.74) is 7.75. The van der Waals surface area contributed by atoms with Crippen LogP contribution in [0.2, 0.25) is 0 Å². The molecule has 2 atom stereocenters. The third-order valence-corrected chi connectivity index (χ3v) is 8.06. The molecule has 5 rings (SSSR count). The fourth-order valence-corrected chi connectivity index (χ4v) is 6.15. The summed E-state index contributed by atoms with van der Waals surface area (Å²) < 4.78 is 17.9. The van der Waals surface area contributed by atoms with E-state index < -0.39 is 6.17 Å². The summed E-state index contributed by atoms with van der Waals surface area (Å²) >= 11 is 0. The lowest BCUT2D eigenvalue weighted by atomic mass is 9.80. The van der Waals surface area contributed by atoms with Crippen LogP contribution in [0, 0.1) is 6.92 Å². The van der Waals surface area contributed by atoms with Gasteiger partial charge in [0.25, 0.3) is 5.91 Å². The van der Waals surface area contributed by atoms with Crippen LogP contribution in [-0.4, -0.2) is 67.2 Å². The number of nitrogens with one attached hydrogen (secondary N) is 1. The maximum Gasteiger partial charge on any atom is 0.251 e. The van der Waals surface area contributed by atoms with Crippen LogP contribution in [0.25, 0.3) is 22.2 Å². The molecule has 2 heterocycles. The molecule has 0 unspecified atom stereocenters. The number of alkyl halides is 1. The average molecular weight is 491 g/mol. The van der Waals surface area contributed by atoms with E-state index in [1.807, 2.05) is 12.1 Å². The van der Waals surface area contributed by atoms with Crippen LogP contribution >= 0.6 is 0 Å². The number of amides is 1. The molecule has 2 aromatic carbocycles. The first-order valence-electron chi connectivity index (χ1n) is 13.4. The van der Waals surface area contributed by atoms with Crippen molar-refractivity contribution in [1.29, 1.82) is 0 Å². The number of aryl methyl sites for hydroxylation is 1. The molecule has 192 valence electrons.